The van der Waals surface area contributed by atoms with Crippen LogP contribution in [0.3, 0.4) is 0 Å². The van der Waals surface area contributed by atoms with E-state index >= 15 is 0 Å². The molecule has 0 heterocycles. The topological polar surface area (TPSA) is 81.4 Å². The number of nitrogens with one attached hydrogen (secondary N) is 1. The summed E-state index contributed by atoms with van der Waals surface area (Å²) < 4.78 is 4.55. The molecule has 0 spiro atoms. The van der Waals surface area contributed by atoms with Crippen molar-refractivity contribution in [2.24, 2.45) is 17.6 Å². The average molecular weight is 228 g/mol. The van der Waals surface area contributed by atoms with Gasteiger partial charge in [-0.2, -0.15) is 0 Å². The minimum absolute atomic E-state index is 0.0443. The molecular weight excluding hydrogens is 208 g/mol. The molecule has 0 unspecified atom stereocenters. The van der Waals surface area contributed by atoms with Gasteiger partial charge in [-0.05, 0) is 32.2 Å². The van der Waals surface area contributed by atoms with Crippen LogP contribution in [0.4, 0.5) is 0 Å². The van der Waals surface area contributed by atoms with Crippen LogP contribution in [0.2, 0.25) is 0 Å². The molecule has 0 aromatic rings. The molecule has 1 aliphatic carbocycles. The fourth-order valence-corrected chi connectivity index (χ4v) is 2.22. The van der Waals surface area contributed by atoms with E-state index in [1.54, 1.807) is 6.92 Å². The summed E-state index contributed by atoms with van der Waals surface area (Å²) in [4.78, 5) is 23.0. The first-order valence-electron chi connectivity index (χ1n) is 5.68. The van der Waals surface area contributed by atoms with E-state index in [2.05, 4.69) is 10.1 Å². The van der Waals surface area contributed by atoms with Crippen LogP contribution >= 0.6 is 0 Å². The number of carbonyl (C=O) groups excluding carboxylic acids is 2. The number of carbonyl (C=O) groups is 2. The summed E-state index contributed by atoms with van der Waals surface area (Å²) in [5, 5.41) is 2.67. The molecule has 92 valence electrons. The summed E-state index contributed by atoms with van der Waals surface area (Å²) in [6.07, 6.45) is 2.90. The summed E-state index contributed by atoms with van der Waals surface area (Å²) >= 11 is 0. The van der Waals surface area contributed by atoms with E-state index in [-0.39, 0.29) is 17.7 Å². The molecule has 0 aromatic heterocycles. The maximum absolute atomic E-state index is 11.9. The molecule has 0 radical (unpaired) electrons. The zero-order valence-electron chi connectivity index (χ0n) is 9.86. The Kier molecular flexibility index (Phi) is 4.73. The van der Waals surface area contributed by atoms with Gasteiger partial charge in [0.15, 0.2) is 0 Å². The third-order valence-electron chi connectivity index (χ3n) is 3.21. The molecule has 0 aromatic carbocycles. The summed E-state index contributed by atoms with van der Waals surface area (Å²) in [5.41, 5.74) is 5.61. The van der Waals surface area contributed by atoms with Gasteiger partial charge in [-0.1, -0.05) is 6.42 Å². The fourth-order valence-electron chi connectivity index (χ4n) is 2.22. The molecule has 1 saturated carbocycles. The number of hydrogen-bond donors (Lipinski definition) is 2. The van der Waals surface area contributed by atoms with E-state index in [1.165, 1.54) is 7.11 Å². The molecule has 1 rings (SSSR count). The maximum Gasteiger partial charge on any atom is 0.328 e. The zero-order chi connectivity index (χ0) is 12.1. The van der Waals surface area contributed by atoms with Crippen LogP contribution in [0.15, 0.2) is 0 Å². The highest BCUT2D eigenvalue weighted by atomic mass is 16.5. The third kappa shape index (κ3) is 2.95. The SMILES string of the molecule is COC(=O)[C@@H](C)NC(=O)[C@@H]1CCC[C@@H]1CN. The van der Waals surface area contributed by atoms with Gasteiger partial charge in [0.2, 0.25) is 5.91 Å². The number of methoxy groups -OCH3 is 1. The number of amides is 1. The molecule has 1 amide bonds. The highest BCUT2D eigenvalue weighted by molar-refractivity contribution is 5.85. The van der Waals surface area contributed by atoms with Crippen LogP contribution < -0.4 is 11.1 Å². The van der Waals surface area contributed by atoms with Gasteiger partial charge >= 0.3 is 5.97 Å². The lowest BCUT2D eigenvalue weighted by Crippen LogP contribution is -2.43. The largest absolute Gasteiger partial charge is 0.467 e. The number of nitrogens with two attached hydrogens (primary N) is 1. The monoisotopic (exact) mass is 228 g/mol. The minimum atomic E-state index is -0.587. The molecule has 16 heavy (non-hydrogen) atoms. The molecule has 5 nitrogen and oxygen atoms in total. The lowest BCUT2D eigenvalue weighted by molar-refractivity contribution is -0.145. The van der Waals surface area contributed by atoms with Gasteiger partial charge in [0.25, 0.3) is 0 Å². The molecule has 0 saturated heterocycles. The Labute approximate surface area is 95.7 Å². The predicted molar refractivity (Wildman–Crippen MR) is 59.5 cm³/mol. The summed E-state index contributed by atoms with van der Waals surface area (Å²) in [7, 11) is 1.31. The summed E-state index contributed by atoms with van der Waals surface area (Å²) in [6, 6.07) is -0.587. The van der Waals surface area contributed by atoms with Gasteiger partial charge in [0.05, 0.1) is 7.11 Å². The first kappa shape index (κ1) is 13.0. The van der Waals surface area contributed by atoms with Gasteiger partial charge in [-0.15, -0.1) is 0 Å². The fraction of sp³-hybridized carbons (Fsp3) is 0.818. The van der Waals surface area contributed by atoms with Crippen LogP contribution in [0.5, 0.6) is 0 Å². The second-order valence-electron chi connectivity index (χ2n) is 4.29. The van der Waals surface area contributed by atoms with Crippen LogP contribution in [0.25, 0.3) is 0 Å². The van der Waals surface area contributed by atoms with Gasteiger partial charge in [0, 0.05) is 5.92 Å². The molecule has 3 N–H and O–H groups in total. The smallest absolute Gasteiger partial charge is 0.328 e. The first-order chi connectivity index (χ1) is 7.60. The highest BCUT2D eigenvalue weighted by Gasteiger charge is 2.33. The standard InChI is InChI=1S/C11H20N2O3/c1-7(11(15)16-2)13-10(14)9-5-3-4-8(9)6-12/h7-9H,3-6,12H2,1-2H3,(H,13,14)/t7-,8-,9-/m1/s1. The van der Waals surface area contributed by atoms with Crippen molar-refractivity contribution in [3.63, 3.8) is 0 Å². The van der Waals surface area contributed by atoms with E-state index in [9.17, 15) is 9.59 Å². The predicted octanol–water partition coefficient (Wildman–Crippen LogP) is 0.0391. The van der Waals surface area contributed by atoms with E-state index in [4.69, 9.17) is 5.73 Å². The highest BCUT2D eigenvalue weighted by Crippen LogP contribution is 2.30. The molecule has 0 aliphatic heterocycles. The normalized spacial score (nSPS) is 26.2. The van der Waals surface area contributed by atoms with Gasteiger partial charge in [-0.25, -0.2) is 4.79 Å². The first-order valence-corrected chi connectivity index (χ1v) is 5.68. The third-order valence-corrected chi connectivity index (χ3v) is 3.21. The van der Waals surface area contributed by atoms with Crippen LogP contribution in [0.1, 0.15) is 26.2 Å². The molecule has 3 atom stereocenters. The Morgan fingerprint density at radius 2 is 2.19 bits per heavy atom. The van der Waals surface area contributed by atoms with Gasteiger partial charge in [0.1, 0.15) is 6.04 Å². The Hall–Kier alpha value is -1.10. The Balaban J connectivity index is 2.48. The lowest BCUT2D eigenvalue weighted by atomic mass is 9.95. The van der Waals surface area contributed by atoms with Crippen molar-refractivity contribution in [1.29, 1.82) is 0 Å². The minimum Gasteiger partial charge on any atom is -0.467 e. The summed E-state index contributed by atoms with van der Waals surface area (Å²) in [6.45, 7) is 2.15. The van der Waals surface area contributed by atoms with Crippen molar-refractivity contribution in [2.45, 2.75) is 32.2 Å². The Bertz CT molecular complexity index is 268. The van der Waals surface area contributed by atoms with Crippen molar-refractivity contribution in [3.05, 3.63) is 0 Å². The van der Waals surface area contributed by atoms with Gasteiger partial charge in [-0.3, -0.25) is 4.79 Å². The van der Waals surface area contributed by atoms with Crippen molar-refractivity contribution in [2.75, 3.05) is 13.7 Å². The average Bonchev–Trinajstić information content (AvgIpc) is 2.75. The lowest BCUT2D eigenvalue weighted by Gasteiger charge is -2.19. The second kappa shape index (κ2) is 5.84. The zero-order valence-corrected chi connectivity index (χ0v) is 9.86. The molecule has 5 heteroatoms. The number of ether oxygens (including phenoxy) is 1. The Morgan fingerprint density at radius 3 is 2.75 bits per heavy atom. The van der Waals surface area contributed by atoms with Crippen molar-refractivity contribution in [1.82, 2.24) is 5.32 Å². The van der Waals surface area contributed by atoms with Gasteiger partial charge < -0.3 is 15.8 Å². The quantitative estimate of drug-likeness (QED) is 0.666. The van der Waals surface area contributed by atoms with Crippen molar-refractivity contribution < 1.29 is 14.3 Å². The number of esters is 1. The van der Waals surface area contributed by atoms with Crippen LogP contribution in [0, 0.1) is 11.8 Å². The van der Waals surface area contributed by atoms with E-state index in [0.29, 0.717) is 6.54 Å². The van der Waals surface area contributed by atoms with E-state index in [0.717, 1.165) is 19.3 Å². The number of hydrogen-bond acceptors (Lipinski definition) is 4. The van der Waals surface area contributed by atoms with E-state index < -0.39 is 12.0 Å². The van der Waals surface area contributed by atoms with E-state index in [1.807, 2.05) is 0 Å². The van der Waals surface area contributed by atoms with Crippen LogP contribution in [-0.4, -0.2) is 31.6 Å². The van der Waals surface area contributed by atoms with Crippen LogP contribution in [-0.2, 0) is 14.3 Å². The summed E-state index contributed by atoms with van der Waals surface area (Å²) in [5.74, 6) is -0.288. The molecule has 0 bridgehead atoms. The Morgan fingerprint density at radius 1 is 1.50 bits per heavy atom. The van der Waals surface area contributed by atoms with Crippen molar-refractivity contribution >= 4 is 11.9 Å². The van der Waals surface area contributed by atoms with Crippen molar-refractivity contribution in [3.8, 4) is 0 Å². The maximum atomic E-state index is 11.9. The number of rotatable bonds is 4. The second-order valence-corrected chi connectivity index (χ2v) is 4.29. The molecular formula is C11H20N2O3. The molecule has 1 fully saturated rings. The molecule has 1 aliphatic rings.